The zero-order valence-corrected chi connectivity index (χ0v) is 16.8. The number of rotatable bonds is 3. The molecule has 3 rings (SSSR count). The number of aryl methyl sites for hydroxylation is 2. The summed E-state index contributed by atoms with van der Waals surface area (Å²) in [7, 11) is -2.21. The minimum absolute atomic E-state index is 0.129. The Bertz CT molecular complexity index is 1300. The fourth-order valence-corrected chi connectivity index (χ4v) is 5.96. The van der Waals surface area contributed by atoms with E-state index in [0.717, 1.165) is 10.8 Å². The van der Waals surface area contributed by atoms with Gasteiger partial charge in [0.25, 0.3) is 9.05 Å². The molecule has 0 fully saturated rings. The molecule has 0 aliphatic rings. The highest BCUT2D eigenvalue weighted by atomic mass is 35.7. The molecule has 0 aliphatic heterocycles. The van der Waals surface area contributed by atoms with Crippen molar-refractivity contribution in [3.05, 3.63) is 53.7 Å². The highest BCUT2D eigenvalue weighted by molar-refractivity contribution is 8.14. The van der Waals surface area contributed by atoms with E-state index in [2.05, 4.69) is 0 Å². The number of alkyl halides is 3. The first-order chi connectivity index (χ1) is 12.8. The van der Waals surface area contributed by atoms with E-state index >= 15 is 0 Å². The first-order valence-corrected chi connectivity index (χ1v) is 11.5. The maximum absolute atomic E-state index is 13.6. The summed E-state index contributed by atoms with van der Waals surface area (Å²) in [6.45, 7) is 1.23. The van der Waals surface area contributed by atoms with Crippen LogP contribution < -0.4 is 0 Å². The van der Waals surface area contributed by atoms with Crippen molar-refractivity contribution in [1.82, 2.24) is 4.57 Å². The van der Waals surface area contributed by atoms with Gasteiger partial charge in [0.05, 0.1) is 20.9 Å². The van der Waals surface area contributed by atoms with E-state index in [1.807, 2.05) is 0 Å². The number of hydrogen-bond donors (Lipinski definition) is 0. The van der Waals surface area contributed by atoms with Crippen LogP contribution in [-0.4, -0.2) is 21.4 Å². The van der Waals surface area contributed by atoms with Gasteiger partial charge in [-0.05, 0) is 30.7 Å². The lowest BCUT2D eigenvalue weighted by Crippen LogP contribution is -2.12. The van der Waals surface area contributed by atoms with Crippen molar-refractivity contribution >= 4 is 40.5 Å². The lowest BCUT2D eigenvalue weighted by Gasteiger charge is -2.16. The first-order valence-electron chi connectivity index (χ1n) is 7.71. The fourth-order valence-electron chi connectivity index (χ4n) is 3.14. The molecule has 0 saturated heterocycles. The predicted molar refractivity (Wildman–Crippen MR) is 97.6 cm³/mol. The van der Waals surface area contributed by atoms with Gasteiger partial charge in [-0.15, -0.1) is 0 Å². The molecule has 11 heteroatoms. The summed E-state index contributed by atoms with van der Waals surface area (Å²) < 4.78 is 92.0. The predicted octanol–water partition coefficient (Wildman–Crippen LogP) is 4.27. The Balaban J connectivity index is 2.59. The molecule has 1 heterocycles. The molecule has 0 aliphatic carbocycles. The molecule has 0 N–H and O–H groups in total. The third-order valence-corrected chi connectivity index (χ3v) is 7.52. The molecule has 5 nitrogen and oxygen atoms in total. The minimum Gasteiger partial charge on any atom is -0.348 e. The van der Waals surface area contributed by atoms with Crippen LogP contribution in [0.1, 0.15) is 11.1 Å². The Morgan fingerprint density at radius 3 is 2.11 bits per heavy atom. The Morgan fingerprint density at radius 2 is 1.61 bits per heavy atom. The average Bonchev–Trinajstić information content (AvgIpc) is 2.91. The molecule has 0 bridgehead atoms. The topological polar surface area (TPSA) is 73.2 Å². The monoisotopic (exact) mass is 451 g/mol. The molecule has 1 aromatic heterocycles. The van der Waals surface area contributed by atoms with Gasteiger partial charge in [-0.25, -0.2) is 16.8 Å². The van der Waals surface area contributed by atoms with Crippen LogP contribution in [0.25, 0.3) is 10.9 Å². The van der Waals surface area contributed by atoms with Crippen LogP contribution in [0.15, 0.2) is 57.3 Å². The summed E-state index contributed by atoms with van der Waals surface area (Å²) in [5.41, 5.74) is -1.81. The number of sulfone groups is 1. The lowest BCUT2D eigenvalue weighted by molar-refractivity contribution is -0.136. The van der Waals surface area contributed by atoms with Crippen molar-refractivity contribution in [2.75, 3.05) is 0 Å². The molecule has 0 saturated carbocycles. The van der Waals surface area contributed by atoms with E-state index in [1.54, 1.807) is 6.07 Å². The van der Waals surface area contributed by atoms with Crippen molar-refractivity contribution in [2.45, 2.75) is 27.8 Å². The molecule has 0 radical (unpaired) electrons. The Kier molecular flexibility index (Phi) is 4.80. The molecule has 28 heavy (non-hydrogen) atoms. The zero-order valence-electron chi connectivity index (χ0n) is 14.5. The molecule has 3 aromatic rings. The van der Waals surface area contributed by atoms with E-state index in [9.17, 15) is 30.0 Å². The van der Waals surface area contributed by atoms with E-state index in [0.29, 0.717) is 6.07 Å². The van der Waals surface area contributed by atoms with Crippen molar-refractivity contribution in [1.29, 1.82) is 0 Å². The molecular weight excluding hydrogens is 439 g/mol. The number of nitrogens with zero attached hydrogens (tertiary/aromatic N) is 1. The number of aromatic nitrogens is 1. The maximum atomic E-state index is 13.6. The summed E-state index contributed by atoms with van der Waals surface area (Å²) in [4.78, 5) is -1.34. The second-order valence-electron chi connectivity index (χ2n) is 6.15. The minimum atomic E-state index is -4.92. The van der Waals surface area contributed by atoms with E-state index in [4.69, 9.17) is 10.7 Å². The van der Waals surface area contributed by atoms with Crippen molar-refractivity contribution in [3.63, 3.8) is 0 Å². The Hall–Kier alpha value is -2.04. The standard InChI is InChI=1S/C17H13ClF3NO4S2/c1-10-8-12(17(19,20)21)14-13(28(18,25)26)9-22(2)15(14)16(10)27(23,24)11-6-4-3-5-7-11/h3-9H,1-2H3. The molecule has 2 aromatic carbocycles. The van der Waals surface area contributed by atoms with Crippen LogP contribution in [0.3, 0.4) is 0 Å². The van der Waals surface area contributed by atoms with Crippen LogP contribution in [0.5, 0.6) is 0 Å². The average molecular weight is 452 g/mol. The summed E-state index contributed by atoms with van der Waals surface area (Å²) in [6, 6.07) is 7.78. The summed E-state index contributed by atoms with van der Waals surface area (Å²) in [5, 5.41) is -0.773. The van der Waals surface area contributed by atoms with Crippen LogP contribution in [-0.2, 0) is 32.1 Å². The maximum Gasteiger partial charge on any atom is 0.417 e. The van der Waals surface area contributed by atoms with Crippen LogP contribution >= 0.6 is 10.7 Å². The molecule has 0 unspecified atom stereocenters. The highest BCUT2D eigenvalue weighted by Crippen LogP contribution is 2.44. The largest absolute Gasteiger partial charge is 0.417 e. The fraction of sp³-hybridized carbons (Fsp3) is 0.176. The number of hydrogen-bond acceptors (Lipinski definition) is 4. The van der Waals surface area contributed by atoms with Crippen molar-refractivity contribution < 1.29 is 30.0 Å². The molecule has 0 amide bonds. The Morgan fingerprint density at radius 1 is 1.04 bits per heavy atom. The normalized spacial score (nSPS) is 13.2. The second-order valence-corrected chi connectivity index (χ2v) is 10.6. The number of halogens is 4. The van der Waals surface area contributed by atoms with Crippen LogP contribution in [0, 0.1) is 6.92 Å². The van der Waals surface area contributed by atoms with Gasteiger partial charge in [0, 0.05) is 29.3 Å². The van der Waals surface area contributed by atoms with Gasteiger partial charge in [-0.3, -0.25) is 0 Å². The summed E-state index contributed by atoms with van der Waals surface area (Å²) in [6.07, 6.45) is -4.04. The molecular formula is C17H13ClF3NO4S2. The second kappa shape index (κ2) is 6.50. The summed E-state index contributed by atoms with van der Waals surface area (Å²) >= 11 is 0. The van der Waals surface area contributed by atoms with Crippen LogP contribution in [0.2, 0.25) is 0 Å². The van der Waals surface area contributed by atoms with Crippen molar-refractivity contribution in [2.24, 2.45) is 7.05 Å². The van der Waals surface area contributed by atoms with Crippen molar-refractivity contribution in [3.8, 4) is 0 Å². The Labute approximate surface area is 163 Å². The highest BCUT2D eigenvalue weighted by Gasteiger charge is 2.39. The molecule has 0 spiro atoms. The van der Waals surface area contributed by atoms with E-state index < -0.39 is 45.8 Å². The van der Waals surface area contributed by atoms with Gasteiger partial charge in [0.15, 0.2) is 0 Å². The van der Waals surface area contributed by atoms with Gasteiger partial charge < -0.3 is 4.57 Å². The quantitative estimate of drug-likeness (QED) is 0.557. The van der Waals surface area contributed by atoms with E-state index in [1.165, 1.54) is 38.2 Å². The van der Waals surface area contributed by atoms with Gasteiger partial charge in [0.1, 0.15) is 4.90 Å². The number of fused-ring (bicyclic) bond motifs is 1. The van der Waals surface area contributed by atoms with Gasteiger partial charge >= 0.3 is 6.18 Å². The number of benzene rings is 2. The van der Waals surface area contributed by atoms with E-state index in [-0.39, 0.29) is 16.0 Å². The van der Waals surface area contributed by atoms with Crippen LogP contribution in [0.4, 0.5) is 13.2 Å². The SMILES string of the molecule is Cc1cc(C(F)(F)F)c2c(S(=O)(=O)Cl)cn(C)c2c1S(=O)(=O)c1ccccc1. The summed E-state index contributed by atoms with van der Waals surface area (Å²) in [5.74, 6) is 0. The third kappa shape index (κ3) is 3.29. The zero-order chi connectivity index (χ0) is 21.1. The lowest BCUT2D eigenvalue weighted by atomic mass is 10.1. The van der Waals surface area contributed by atoms with Gasteiger partial charge in [0.2, 0.25) is 9.84 Å². The smallest absolute Gasteiger partial charge is 0.348 e. The first kappa shape index (κ1) is 20.7. The third-order valence-electron chi connectivity index (χ3n) is 4.24. The molecule has 0 atom stereocenters. The van der Waals surface area contributed by atoms with Gasteiger partial charge in [-0.2, -0.15) is 13.2 Å². The molecule has 150 valence electrons. The van der Waals surface area contributed by atoms with Gasteiger partial charge in [-0.1, -0.05) is 18.2 Å².